The van der Waals surface area contributed by atoms with Crippen molar-refractivity contribution in [3.63, 3.8) is 0 Å². The van der Waals surface area contributed by atoms with Crippen molar-refractivity contribution in [1.29, 1.82) is 0 Å². The highest BCUT2D eigenvalue weighted by molar-refractivity contribution is 7.89. The van der Waals surface area contributed by atoms with Crippen molar-refractivity contribution in [3.05, 3.63) is 65.2 Å². The average molecular weight is 694 g/mol. The fourth-order valence-corrected chi connectivity index (χ4v) is 8.58. The number of aryl methyl sites for hydroxylation is 1. The van der Waals surface area contributed by atoms with Crippen molar-refractivity contribution in [3.8, 4) is 0 Å². The van der Waals surface area contributed by atoms with Crippen LogP contribution in [0.5, 0.6) is 0 Å². The van der Waals surface area contributed by atoms with Gasteiger partial charge in [-0.15, -0.1) is 0 Å². The van der Waals surface area contributed by atoms with Gasteiger partial charge in [0.15, 0.2) is 5.78 Å². The first kappa shape index (κ1) is 37.2. The lowest BCUT2D eigenvalue weighted by molar-refractivity contribution is -0.199. The molecule has 0 aromatic heterocycles. The maximum Gasteiger partial charge on any atom is 0.481 e. The summed E-state index contributed by atoms with van der Waals surface area (Å²) < 4.78 is 36.6. The van der Waals surface area contributed by atoms with Crippen LogP contribution in [0.2, 0.25) is 0 Å². The molecule has 6 rings (SSSR count). The van der Waals surface area contributed by atoms with E-state index in [1.165, 1.54) is 24.3 Å². The fraction of sp³-hybridized carbons (Fsp3) is 0.595. The van der Waals surface area contributed by atoms with Gasteiger partial charge in [-0.25, -0.2) is 13.6 Å². The highest BCUT2D eigenvalue weighted by atomic mass is 32.2. The van der Waals surface area contributed by atoms with Crippen LogP contribution in [0, 0.1) is 29.1 Å². The van der Waals surface area contributed by atoms with E-state index in [4.69, 9.17) is 14.4 Å². The van der Waals surface area contributed by atoms with E-state index < -0.39 is 40.5 Å². The third kappa shape index (κ3) is 8.13. The highest BCUT2D eigenvalue weighted by Crippen LogP contribution is 2.65. The zero-order chi connectivity index (χ0) is 35.7. The molecule has 12 heteroatoms. The van der Waals surface area contributed by atoms with Crippen LogP contribution in [-0.2, 0) is 30.5 Å². The molecule has 4 N–H and O–H groups in total. The molecule has 0 unspecified atom stereocenters. The molecule has 10 nitrogen and oxygen atoms in total. The van der Waals surface area contributed by atoms with Crippen molar-refractivity contribution < 1.29 is 32.1 Å². The minimum atomic E-state index is -3.92. The van der Waals surface area contributed by atoms with Gasteiger partial charge < -0.3 is 19.9 Å². The molecule has 2 aromatic carbocycles. The Morgan fingerprint density at radius 3 is 2.24 bits per heavy atom. The summed E-state index contributed by atoms with van der Waals surface area (Å²) in [5.41, 5.74) is 1.59. The summed E-state index contributed by atoms with van der Waals surface area (Å²) in [5.74, 6) is -1.24. The number of unbranched alkanes of at least 4 members (excludes halogenated alkanes) is 1. The minimum Gasteiger partial charge on any atom is -0.404 e. The summed E-state index contributed by atoms with van der Waals surface area (Å²) in [4.78, 5) is 40.6. The maximum atomic E-state index is 14.1. The van der Waals surface area contributed by atoms with E-state index in [-0.39, 0.29) is 52.6 Å². The zero-order valence-corrected chi connectivity index (χ0v) is 30.5. The molecule has 3 aliphatic carbocycles. The number of sulfonamides is 1. The number of ketones is 1. The Bertz CT molecular complexity index is 1630. The van der Waals surface area contributed by atoms with E-state index >= 15 is 0 Å². The second kappa shape index (κ2) is 14.7. The molecule has 4 fully saturated rings. The lowest BCUT2D eigenvalue weighted by Crippen LogP contribution is -2.65. The largest absolute Gasteiger partial charge is 0.481 e. The molecule has 0 radical (unpaired) electrons. The van der Waals surface area contributed by atoms with Gasteiger partial charge in [0.25, 0.3) is 5.91 Å². The Morgan fingerprint density at radius 1 is 1.00 bits per heavy atom. The SMILES string of the molecule is CCCCc1ccc(C(=O)C[C@@H](CNC(=O)c2ccc(S(N)(=O)=O)cc2)C(=O)N[C@@H](CC(C)C)B2O[C@@H]3C[C@H]4C[C@H](C4(C)C)[C@]3(C)O2)cc1. The number of hydrogen-bond donors (Lipinski definition) is 3. The van der Waals surface area contributed by atoms with Crippen LogP contribution in [-0.4, -0.2) is 57.3 Å². The number of carbonyl (C=O) groups excluding carboxylic acids is 3. The third-order valence-corrected chi connectivity index (χ3v) is 12.1. The van der Waals surface area contributed by atoms with Gasteiger partial charge >= 0.3 is 7.12 Å². The van der Waals surface area contributed by atoms with Gasteiger partial charge in [-0.3, -0.25) is 14.4 Å². The Morgan fingerprint density at radius 2 is 1.65 bits per heavy atom. The van der Waals surface area contributed by atoms with Crippen molar-refractivity contribution in [2.24, 2.45) is 34.2 Å². The first-order valence-corrected chi connectivity index (χ1v) is 19.2. The number of rotatable bonds is 15. The van der Waals surface area contributed by atoms with Crippen LogP contribution in [0.3, 0.4) is 0 Å². The van der Waals surface area contributed by atoms with Gasteiger partial charge in [0, 0.05) is 24.1 Å². The Labute approximate surface area is 291 Å². The summed E-state index contributed by atoms with van der Waals surface area (Å²) in [6.07, 6.45) is 5.56. The average Bonchev–Trinajstić information content (AvgIpc) is 3.42. The standard InChI is InChI=1S/C37H52BN3O7S/c1-7-8-9-24-10-12-25(13-11-24)30(42)19-27(22-40-34(43)26-14-16-29(17-15-26)49(39,45)46)35(44)41-33(18-23(2)3)38-47-32-21-28-20-31(36(28,4)5)37(32,6)48-38/h10-17,23,27-28,31-33H,7-9,18-22H2,1-6H3,(H,40,43)(H,41,44)(H2,39,45,46)/t27-,28+,31+,32+,33-,37-/m0/s1. The smallest absolute Gasteiger partial charge is 0.404 e. The second-order valence-electron chi connectivity index (χ2n) is 15.5. The molecule has 0 spiro atoms. The first-order valence-electron chi connectivity index (χ1n) is 17.7. The molecule has 3 saturated carbocycles. The predicted octanol–water partition coefficient (Wildman–Crippen LogP) is 5.09. The van der Waals surface area contributed by atoms with E-state index in [2.05, 4.69) is 52.2 Å². The molecule has 2 bridgehead atoms. The molecule has 1 saturated heterocycles. The topological polar surface area (TPSA) is 154 Å². The van der Waals surface area contributed by atoms with E-state index in [1.807, 2.05) is 12.1 Å². The zero-order valence-electron chi connectivity index (χ0n) is 29.7. The van der Waals surface area contributed by atoms with E-state index in [1.54, 1.807) is 12.1 Å². The van der Waals surface area contributed by atoms with Crippen LogP contribution in [0.1, 0.15) is 106 Å². The second-order valence-corrected chi connectivity index (χ2v) is 17.0. The lowest BCUT2D eigenvalue weighted by atomic mass is 9.43. The van der Waals surface area contributed by atoms with Gasteiger partial charge in [0.2, 0.25) is 15.9 Å². The molecule has 4 aliphatic rings. The van der Waals surface area contributed by atoms with Crippen molar-refractivity contribution >= 4 is 34.7 Å². The Hall–Kier alpha value is -3.06. The summed E-state index contributed by atoms with van der Waals surface area (Å²) in [5, 5.41) is 11.1. The van der Waals surface area contributed by atoms with Crippen molar-refractivity contribution in [1.82, 2.24) is 10.6 Å². The maximum absolute atomic E-state index is 14.1. The number of Topliss-reactive ketones (excluding diaryl/α,β-unsaturated/α-hetero) is 1. The van der Waals surface area contributed by atoms with E-state index in [0.29, 0.717) is 23.8 Å². The molecule has 266 valence electrons. The molecule has 2 amide bonds. The monoisotopic (exact) mass is 693 g/mol. The Balaban J connectivity index is 1.32. The molecule has 1 aliphatic heterocycles. The van der Waals surface area contributed by atoms with Gasteiger partial charge in [0.1, 0.15) is 0 Å². The molecule has 2 aromatic rings. The van der Waals surface area contributed by atoms with Crippen molar-refractivity contribution in [2.45, 2.75) is 109 Å². The molecular weight excluding hydrogens is 641 g/mol. The van der Waals surface area contributed by atoms with Gasteiger partial charge in [-0.1, -0.05) is 65.3 Å². The third-order valence-electron chi connectivity index (χ3n) is 11.2. The minimum absolute atomic E-state index is 0.0431. The van der Waals surface area contributed by atoms with Crippen LogP contribution in [0.25, 0.3) is 0 Å². The highest BCUT2D eigenvalue weighted by Gasteiger charge is 2.68. The quantitative estimate of drug-likeness (QED) is 0.173. The van der Waals surface area contributed by atoms with Crippen molar-refractivity contribution in [2.75, 3.05) is 6.54 Å². The normalized spacial score (nSPS) is 25.2. The molecular formula is C37H52BN3O7S. The first-order chi connectivity index (χ1) is 23.0. The lowest BCUT2D eigenvalue weighted by Gasteiger charge is -2.64. The number of carbonyl (C=O) groups is 3. The van der Waals surface area contributed by atoms with Crippen LogP contribution < -0.4 is 15.8 Å². The number of amides is 2. The number of nitrogens with two attached hydrogens (primary N) is 1. The van der Waals surface area contributed by atoms with Gasteiger partial charge in [0.05, 0.1) is 28.5 Å². The predicted molar refractivity (Wildman–Crippen MR) is 189 cm³/mol. The summed E-state index contributed by atoms with van der Waals surface area (Å²) in [7, 11) is -4.55. The van der Waals surface area contributed by atoms with Gasteiger partial charge in [-0.05, 0) is 92.0 Å². The molecule has 6 atom stereocenters. The van der Waals surface area contributed by atoms with E-state index in [9.17, 15) is 22.8 Å². The summed E-state index contributed by atoms with van der Waals surface area (Å²) >= 11 is 0. The number of benzene rings is 2. The molecule has 49 heavy (non-hydrogen) atoms. The number of hydrogen-bond acceptors (Lipinski definition) is 7. The Kier molecular flexibility index (Phi) is 11.1. The fourth-order valence-electron chi connectivity index (χ4n) is 8.07. The number of nitrogens with one attached hydrogen (secondary N) is 2. The number of primary sulfonamides is 1. The van der Waals surface area contributed by atoms with Crippen LogP contribution in [0.4, 0.5) is 0 Å². The summed E-state index contributed by atoms with van der Waals surface area (Å²) in [6.45, 7) is 12.9. The van der Waals surface area contributed by atoms with E-state index in [0.717, 1.165) is 37.7 Å². The summed E-state index contributed by atoms with van der Waals surface area (Å²) in [6, 6.07) is 12.7. The van der Waals surface area contributed by atoms with Crippen LogP contribution >= 0.6 is 0 Å². The van der Waals surface area contributed by atoms with Gasteiger partial charge in [-0.2, -0.15) is 0 Å². The van der Waals surface area contributed by atoms with Crippen LogP contribution in [0.15, 0.2) is 53.4 Å². The molecule has 1 heterocycles.